The normalized spacial score (nSPS) is 7.92. The maximum Gasteiger partial charge on any atom is 0.315 e. The minimum Gasteiger partial charge on any atom is -0.494 e. The maximum absolute atomic E-state index is 5.10. The van der Waals surface area contributed by atoms with E-state index >= 15 is 0 Å². The van der Waals surface area contributed by atoms with E-state index in [1.165, 1.54) is 6.26 Å². The van der Waals surface area contributed by atoms with Gasteiger partial charge in [-0.15, -0.1) is 0 Å². The second-order valence-electron chi connectivity index (χ2n) is 1.76. The Hall–Kier alpha value is -0.643. The van der Waals surface area contributed by atoms with Crippen molar-refractivity contribution in [3.05, 3.63) is 12.2 Å². The Morgan fingerprint density at radius 1 is 1.00 bits per heavy atom. The highest BCUT2D eigenvalue weighted by atomic mass is 28.1. The van der Waals surface area contributed by atoms with Gasteiger partial charge in [0.1, 0.15) is 0 Å². The largest absolute Gasteiger partial charge is 0.494 e. The summed E-state index contributed by atoms with van der Waals surface area (Å²) in [6.45, 7) is 7.53. The minimum atomic E-state index is 0. The summed E-state index contributed by atoms with van der Waals surface area (Å²) in [5, 5.41) is 0. The van der Waals surface area contributed by atoms with E-state index in [4.69, 9.17) is 14.2 Å². The van der Waals surface area contributed by atoms with Crippen molar-refractivity contribution in [3.8, 4) is 0 Å². The predicted molar refractivity (Wildman–Crippen MR) is 54.3 cm³/mol. The number of hydrogen-bond donors (Lipinski definition) is 0. The molecule has 0 aromatic rings. The fourth-order valence-electron chi connectivity index (χ4n) is 0.546. The van der Waals surface area contributed by atoms with Crippen LogP contribution in [0.4, 0.5) is 0 Å². The summed E-state index contributed by atoms with van der Waals surface area (Å²) in [6, 6.07) is 0. The first-order valence-electron chi connectivity index (χ1n) is 3.92. The molecule has 0 unspecified atom stereocenters. The first kappa shape index (κ1) is 13.9. The van der Waals surface area contributed by atoms with E-state index < -0.39 is 0 Å². The molecule has 0 saturated carbocycles. The summed E-state index contributed by atoms with van der Waals surface area (Å²) in [7, 11) is 0. The molecule has 0 radical (unpaired) electrons. The monoisotopic (exact) mass is 192 g/mol. The molecule has 0 rings (SSSR count). The summed E-state index contributed by atoms with van der Waals surface area (Å²) in [4.78, 5) is 0. The fourth-order valence-corrected chi connectivity index (χ4v) is 0.546. The second-order valence-corrected chi connectivity index (χ2v) is 1.76. The zero-order valence-corrected chi connectivity index (χ0v) is 7.42. The Morgan fingerprint density at radius 3 is 1.83 bits per heavy atom. The van der Waals surface area contributed by atoms with Crippen LogP contribution in [0.1, 0.15) is 20.8 Å². The van der Waals surface area contributed by atoms with Gasteiger partial charge in [-0.1, -0.05) is 0 Å². The number of hydrogen-bond acceptors (Lipinski definition) is 3. The van der Waals surface area contributed by atoms with E-state index in [0.717, 1.165) is 0 Å². The lowest BCUT2D eigenvalue weighted by Gasteiger charge is -2.07. The van der Waals surface area contributed by atoms with E-state index in [1.807, 2.05) is 20.8 Å². The lowest BCUT2D eigenvalue weighted by atomic mass is 10.8. The van der Waals surface area contributed by atoms with Gasteiger partial charge in [0, 0.05) is 0 Å². The third kappa shape index (κ3) is 7.46. The van der Waals surface area contributed by atoms with Gasteiger partial charge in [-0.3, -0.25) is 0 Å². The van der Waals surface area contributed by atoms with Crippen molar-refractivity contribution in [3.63, 3.8) is 0 Å². The van der Waals surface area contributed by atoms with Crippen molar-refractivity contribution in [2.45, 2.75) is 20.8 Å². The highest BCUT2D eigenvalue weighted by Gasteiger charge is 1.95. The molecule has 0 N–H and O–H groups in total. The maximum atomic E-state index is 5.10. The smallest absolute Gasteiger partial charge is 0.315 e. The van der Waals surface area contributed by atoms with Crippen LogP contribution in [-0.2, 0) is 14.2 Å². The van der Waals surface area contributed by atoms with Crippen LogP contribution in [0.2, 0.25) is 0 Å². The summed E-state index contributed by atoms with van der Waals surface area (Å²) < 4.78 is 15.2. The number of rotatable bonds is 6. The summed E-state index contributed by atoms with van der Waals surface area (Å²) in [5.74, 6) is 0.455. The topological polar surface area (TPSA) is 27.7 Å². The minimum absolute atomic E-state index is 0. The second kappa shape index (κ2) is 10.4. The van der Waals surface area contributed by atoms with Crippen molar-refractivity contribution in [2.75, 3.05) is 19.8 Å². The Morgan fingerprint density at radius 2 is 1.50 bits per heavy atom. The molecule has 3 nitrogen and oxygen atoms in total. The van der Waals surface area contributed by atoms with E-state index in [9.17, 15) is 0 Å². The van der Waals surface area contributed by atoms with Crippen LogP contribution in [0.25, 0.3) is 0 Å². The molecule has 0 atom stereocenters. The van der Waals surface area contributed by atoms with E-state index in [0.29, 0.717) is 25.8 Å². The molecule has 4 heteroatoms. The Kier molecular flexibility index (Phi) is 12.0. The van der Waals surface area contributed by atoms with Crippen LogP contribution in [0.15, 0.2) is 12.2 Å². The van der Waals surface area contributed by atoms with Crippen molar-refractivity contribution in [1.29, 1.82) is 0 Å². The highest BCUT2D eigenvalue weighted by Crippen LogP contribution is 1.99. The van der Waals surface area contributed by atoms with Crippen LogP contribution >= 0.6 is 0 Å². The van der Waals surface area contributed by atoms with Crippen LogP contribution in [-0.4, -0.2) is 30.8 Å². The molecular weight excluding hydrogens is 172 g/mol. The Balaban J connectivity index is 0. The molecular formula is C8H20O3Si. The van der Waals surface area contributed by atoms with Gasteiger partial charge < -0.3 is 14.2 Å². The summed E-state index contributed by atoms with van der Waals surface area (Å²) in [6.07, 6.45) is 1.49. The van der Waals surface area contributed by atoms with Gasteiger partial charge in [0.2, 0.25) is 0 Å². The van der Waals surface area contributed by atoms with Crippen LogP contribution in [0.5, 0.6) is 0 Å². The Bertz CT molecular complexity index is 107. The zero-order chi connectivity index (χ0) is 8.53. The Labute approximate surface area is 78.7 Å². The van der Waals surface area contributed by atoms with Crippen LogP contribution in [0, 0.1) is 0 Å². The lowest BCUT2D eigenvalue weighted by Crippen LogP contribution is -1.98. The highest BCUT2D eigenvalue weighted by molar-refractivity contribution is 5.75. The molecule has 0 amide bonds. The van der Waals surface area contributed by atoms with Crippen LogP contribution in [0.3, 0.4) is 0 Å². The number of ether oxygens (including phenoxy) is 3. The molecule has 0 aliphatic heterocycles. The van der Waals surface area contributed by atoms with Gasteiger partial charge in [0.25, 0.3) is 0 Å². The van der Waals surface area contributed by atoms with Gasteiger partial charge in [0.15, 0.2) is 6.26 Å². The van der Waals surface area contributed by atoms with E-state index in [1.54, 1.807) is 0 Å². The van der Waals surface area contributed by atoms with Crippen molar-refractivity contribution in [2.24, 2.45) is 0 Å². The van der Waals surface area contributed by atoms with Crippen LogP contribution < -0.4 is 0 Å². The average Bonchev–Trinajstić information content (AvgIpc) is 2.01. The average molecular weight is 192 g/mol. The standard InChI is InChI=1S/C8H16O3.H4Si/c1-4-9-7-8(10-5-2)11-6-3;/h7H,4-6H2,1-3H3;1H4. The molecule has 0 aliphatic carbocycles. The van der Waals surface area contributed by atoms with Gasteiger partial charge in [-0.05, 0) is 31.7 Å². The predicted octanol–water partition coefficient (Wildman–Crippen LogP) is 0.443. The van der Waals surface area contributed by atoms with Gasteiger partial charge in [0.05, 0.1) is 19.8 Å². The van der Waals surface area contributed by atoms with Gasteiger partial charge in [-0.25, -0.2) is 0 Å². The molecule has 0 saturated heterocycles. The fraction of sp³-hybridized carbons (Fsp3) is 0.750. The molecule has 0 aliphatic rings. The summed E-state index contributed by atoms with van der Waals surface area (Å²) >= 11 is 0. The first-order valence-corrected chi connectivity index (χ1v) is 3.92. The van der Waals surface area contributed by atoms with Crippen molar-refractivity contribution in [1.82, 2.24) is 0 Å². The molecule has 0 fully saturated rings. The summed E-state index contributed by atoms with van der Waals surface area (Å²) in [5.41, 5.74) is 0. The molecule has 0 heterocycles. The third-order valence-corrected chi connectivity index (χ3v) is 0.919. The lowest BCUT2D eigenvalue weighted by molar-refractivity contribution is 0.0322. The molecule has 74 valence electrons. The van der Waals surface area contributed by atoms with Crippen molar-refractivity contribution < 1.29 is 14.2 Å². The molecule has 12 heavy (non-hydrogen) atoms. The van der Waals surface area contributed by atoms with Gasteiger partial charge >= 0.3 is 5.95 Å². The molecule has 0 bridgehead atoms. The zero-order valence-electron chi connectivity index (χ0n) is 7.42. The first-order chi connectivity index (χ1) is 5.35. The molecule has 0 spiro atoms. The quantitative estimate of drug-likeness (QED) is 0.451. The van der Waals surface area contributed by atoms with E-state index in [-0.39, 0.29) is 11.0 Å². The molecule has 0 aromatic heterocycles. The SMILES string of the molecule is CCOC=C(OCC)OCC.[SiH4]. The molecule has 0 aromatic carbocycles. The third-order valence-electron chi connectivity index (χ3n) is 0.919. The van der Waals surface area contributed by atoms with E-state index in [2.05, 4.69) is 0 Å². The van der Waals surface area contributed by atoms with Gasteiger partial charge in [-0.2, -0.15) is 0 Å². The van der Waals surface area contributed by atoms with Crippen molar-refractivity contribution >= 4 is 11.0 Å².